The summed E-state index contributed by atoms with van der Waals surface area (Å²) in [6.45, 7) is 9.17. The summed E-state index contributed by atoms with van der Waals surface area (Å²) in [7, 11) is 0. The number of benzene rings is 1. The Hall–Kier alpha value is -1.07. The number of hydrogen-bond acceptors (Lipinski definition) is 2. The van der Waals surface area contributed by atoms with E-state index in [4.69, 9.17) is 0 Å². The van der Waals surface area contributed by atoms with E-state index >= 15 is 0 Å². The third-order valence-electron chi connectivity index (χ3n) is 2.64. The first kappa shape index (κ1) is 16.0. The van der Waals surface area contributed by atoms with Crippen LogP contribution < -0.4 is 10.6 Å². The van der Waals surface area contributed by atoms with Crippen LogP contribution in [0.2, 0.25) is 0 Å². The largest absolute Gasteiger partial charge is 0.311 e. The lowest BCUT2D eigenvalue weighted by Gasteiger charge is -2.24. The number of nitrogens with one attached hydrogen (secondary N) is 2. The second-order valence-corrected chi connectivity index (χ2v) is 5.79. The molecule has 108 valence electrons. The minimum absolute atomic E-state index is 0.0179. The van der Waals surface area contributed by atoms with E-state index in [2.05, 4.69) is 31.4 Å². The molecule has 1 rings (SSSR count). The van der Waals surface area contributed by atoms with Gasteiger partial charge in [0.1, 0.15) is 0 Å². The van der Waals surface area contributed by atoms with Crippen molar-refractivity contribution in [3.8, 4) is 0 Å². The molecule has 0 bridgehead atoms. The van der Waals surface area contributed by atoms with E-state index < -0.39 is 17.5 Å². The third-order valence-corrected chi connectivity index (χ3v) is 2.64. The molecule has 0 aliphatic carbocycles. The molecule has 0 amide bonds. The fourth-order valence-corrected chi connectivity index (χ4v) is 1.53. The Morgan fingerprint density at radius 1 is 1.11 bits per heavy atom. The van der Waals surface area contributed by atoms with Crippen LogP contribution in [0.1, 0.15) is 33.3 Å². The first-order valence-electron chi connectivity index (χ1n) is 6.31. The summed E-state index contributed by atoms with van der Waals surface area (Å²) < 4.78 is 38.8. The Bertz CT molecular complexity index is 404. The predicted octanol–water partition coefficient (Wildman–Crippen LogP) is 2.97. The zero-order valence-corrected chi connectivity index (χ0v) is 11.8. The van der Waals surface area contributed by atoms with Crippen LogP contribution in [0.4, 0.5) is 13.2 Å². The van der Waals surface area contributed by atoms with E-state index in [0.29, 0.717) is 12.1 Å². The van der Waals surface area contributed by atoms with Crippen molar-refractivity contribution in [3.05, 3.63) is 35.1 Å². The lowest BCUT2D eigenvalue weighted by atomic mass is 10.1. The molecule has 2 N–H and O–H groups in total. The van der Waals surface area contributed by atoms with Crippen molar-refractivity contribution < 1.29 is 13.2 Å². The minimum atomic E-state index is -1.42. The van der Waals surface area contributed by atoms with Gasteiger partial charge in [0, 0.05) is 24.7 Å². The summed E-state index contributed by atoms with van der Waals surface area (Å²) in [5.74, 6) is -3.74. The van der Waals surface area contributed by atoms with E-state index in [0.717, 1.165) is 18.7 Å². The zero-order valence-electron chi connectivity index (χ0n) is 11.8. The second-order valence-electron chi connectivity index (χ2n) is 5.79. The van der Waals surface area contributed by atoms with E-state index in [1.807, 2.05) is 6.92 Å². The van der Waals surface area contributed by atoms with Gasteiger partial charge in [-0.25, -0.2) is 13.2 Å². The van der Waals surface area contributed by atoms with Crippen molar-refractivity contribution in [2.75, 3.05) is 6.54 Å². The van der Waals surface area contributed by atoms with Crippen molar-refractivity contribution in [1.29, 1.82) is 0 Å². The van der Waals surface area contributed by atoms with Crippen LogP contribution in [-0.2, 0) is 6.54 Å². The summed E-state index contributed by atoms with van der Waals surface area (Å²) in [4.78, 5) is 0. The molecule has 0 aromatic heterocycles. The Morgan fingerprint density at radius 3 is 2.11 bits per heavy atom. The molecule has 0 saturated carbocycles. The minimum Gasteiger partial charge on any atom is -0.311 e. The molecule has 1 aromatic rings. The van der Waals surface area contributed by atoms with Gasteiger partial charge in [-0.1, -0.05) is 0 Å². The van der Waals surface area contributed by atoms with Crippen LogP contribution in [0.15, 0.2) is 12.1 Å². The Kier molecular flexibility index (Phi) is 5.38. The Morgan fingerprint density at radius 2 is 1.63 bits per heavy atom. The predicted molar refractivity (Wildman–Crippen MR) is 70.4 cm³/mol. The van der Waals surface area contributed by atoms with Gasteiger partial charge in [0.15, 0.2) is 17.5 Å². The van der Waals surface area contributed by atoms with Crippen molar-refractivity contribution in [1.82, 2.24) is 10.6 Å². The van der Waals surface area contributed by atoms with Gasteiger partial charge in [-0.05, 0) is 45.4 Å². The van der Waals surface area contributed by atoms with Crippen LogP contribution >= 0.6 is 0 Å². The molecule has 1 unspecified atom stereocenters. The molecule has 0 fully saturated rings. The second kappa shape index (κ2) is 6.39. The third kappa shape index (κ3) is 5.61. The summed E-state index contributed by atoms with van der Waals surface area (Å²) in [5, 5.41) is 6.45. The molecule has 0 heterocycles. The Balaban J connectivity index is 2.48. The van der Waals surface area contributed by atoms with Crippen molar-refractivity contribution in [2.45, 2.75) is 45.8 Å². The molecular weight excluding hydrogens is 253 g/mol. The SMILES string of the molecule is CC(CNC(C)(C)C)NCc1cc(F)c(F)c(F)c1. The molecule has 5 heteroatoms. The first-order valence-corrected chi connectivity index (χ1v) is 6.31. The highest BCUT2D eigenvalue weighted by Crippen LogP contribution is 2.13. The summed E-state index contributed by atoms with van der Waals surface area (Å²) in [6, 6.07) is 2.15. The molecule has 2 nitrogen and oxygen atoms in total. The van der Waals surface area contributed by atoms with E-state index in [1.54, 1.807) is 0 Å². The van der Waals surface area contributed by atoms with Crippen molar-refractivity contribution in [2.24, 2.45) is 0 Å². The zero-order chi connectivity index (χ0) is 14.6. The number of hydrogen-bond donors (Lipinski definition) is 2. The fourth-order valence-electron chi connectivity index (χ4n) is 1.53. The maximum absolute atomic E-state index is 13.0. The van der Waals surface area contributed by atoms with Crippen molar-refractivity contribution in [3.63, 3.8) is 0 Å². The maximum atomic E-state index is 13.0. The van der Waals surface area contributed by atoms with Gasteiger partial charge in [-0.3, -0.25) is 0 Å². The van der Waals surface area contributed by atoms with Crippen LogP contribution in [-0.4, -0.2) is 18.1 Å². The van der Waals surface area contributed by atoms with Gasteiger partial charge in [0.25, 0.3) is 0 Å². The molecule has 0 spiro atoms. The number of rotatable bonds is 5. The lowest BCUT2D eigenvalue weighted by molar-refractivity contribution is 0.386. The standard InChI is InChI=1S/C14H21F3N2/c1-9(7-19-14(2,3)4)18-8-10-5-11(15)13(17)12(16)6-10/h5-6,9,18-19H,7-8H2,1-4H3. The van der Waals surface area contributed by atoms with E-state index in [1.165, 1.54) is 0 Å². The average Bonchev–Trinajstić information content (AvgIpc) is 2.29. The topological polar surface area (TPSA) is 24.1 Å². The van der Waals surface area contributed by atoms with Crippen LogP contribution in [0.25, 0.3) is 0 Å². The maximum Gasteiger partial charge on any atom is 0.194 e. The molecule has 19 heavy (non-hydrogen) atoms. The van der Waals surface area contributed by atoms with Gasteiger partial charge >= 0.3 is 0 Å². The summed E-state index contributed by atoms with van der Waals surface area (Å²) in [5.41, 5.74) is 0.406. The smallest absolute Gasteiger partial charge is 0.194 e. The van der Waals surface area contributed by atoms with Gasteiger partial charge < -0.3 is 10.6 Å². The van der Waals surface area contributed by atoms with Gasteiger partial charge in [0.05, 0.1) is 0 Å². The first-order chi connectivity index (χ1) is 8.69. The molecular formula is C14H21F3N2. The highest BCUT2D eigenvalue weighted by atomic mass is 19.2. The molecule has 0 aliphatic rings. The Labute approximate surface area is 112 Å². The molecule has 0 radical (unpaired) electrons. The van der Waals surface area contributed by atoms with Gasteiger partial charge in [-0.15, -0.1) is 0 Å². The molecule has 0 saturated heterocycles. The van der Waals surface area contributed by atoms with Gasteiger partial charge in [0.2, 0.25) is 0 Å². The molecule has 1 atom stereocenters. The lowest BCUT2D eigenvalue weighted by Crippen LogP contribution is -2.44. The summed E-state index contributed by atoms with van der Waals surface area (Å²) in [6.07, 6.45) is 0. The molecule has 1 aromatic carbocycles. The fraction of sp³-hybridized carbons (Fsp3) is 0.571. The van der Waals surface area contributed by atoms with E-state index in [-0.39, 0.29) is 11.6 Å². The van der Waals surface area contributed by atoms with Crippen molar-refractivity contribution >= 4 is 0 Å². The van der Waals surface area contributed by atoms with Crippen LogP contribution in [0.3, 0.4) is 0 Å². The highest BCUT2D eigenvalue weighted by molar-refractivity contribution is 5.19. The average molecular weight is 274 g/mol. The van der Waals surface area contributed by atoms with Gasteiger partial charge in [-0.2, -0.15) is 0 Å². The summed E-state index contributed by atoms with van der Waals surface area (Å²) >= 11 is 0. The monoisotopic (exact) mass is 274 g/mol. The number of halogens is 3. The highest BCUT2D eigenvalue weighted by Gasteiger charge is 2.13. The quantitative estimate of drug-likeness (QED) is 0.807. The molecule has 0 aliphatic heterocycles. The van der Waals surface area contributed by atoms with Crippen LogP contribution in [0, 0.1) is 17.5 Å². The normalized spacial score (nSPS) is 13.6. The van der Waals surface area contributed by atoms with Crippen LogP contribution in [0.5, 0.6) is 0 Å². The van der Waals surface area contributed by atoms with E-state index in [9.17, 15) is 13.2 Å².